The molecule has 2 heterocycles. The van der Waals surface area contributed by atoms with Gasteiger partial charge in [-0.3, -0.25) is 4.40 Å². The molecule has 2 aromatic carbocycles. The Kier molecular flexibility index (Phi) is 2.87. The van der Waals surface area contributed by atoms with Crippen LogP contribution < -0.4 is 0 Å². The van der Waals surface area contributed by atoms with Gasteiger partial charge in [-0.05, 0) is 35.9 Å². The standard InChI is InChI=1S/C17H10F3N3/c18-17(19,20)12-5-3-4-11(10-12)14-8-9-21-16-22-13-6-1-2-7-15(13)23(14)16/h1-10H. The second-order valence-corrected chi connectivity index (χ2v) is 5.14. The Bertz CT molecular complexity index is 1020. The van der Waals surface area contributed by atoms with Crippen LogP contribution in [0.15, 0.2) is 60.8 Å². The molecule has 4 aromatic rings. The van der Waals surface area contributed by atoms with Crippen LogP contribution in [-0.4, -0.2) is 14.4 Å². The van der Waals surface area contributed by atoms with Gasteiger partial charge >= 0.3 is 6.18 Å². The summed E-state index contributed by atoms with van der Waals surface area (Å²) in [7, 11) is 0. The second-order valence-electron chi connectivity index (χ2n) is 5.14. The number of hydrogen-bond donors (Lipinski definition) is 0. The average molecular weight is 313 g/mol. The summed E-state index contributed by atoms with van der Waals surface area (Å²) in [6.07, 6.45) is -2.82. The number of aromatic nitrogens is 3. The largest absolute Gasteiger partial charge is 0.416 e. The Morgan fingerprint density at radius 2 is 1.74 bits per heavy atom. The van der Waals surface area contributed by atoms with Gasteiger partial charge in [-0.25, -0.2) is 9.97 Å². The maximum Gasteiger partial charge on any atom is 0.416 e. The molecule has 0 atom stereocenters. The summed E-state index contributed by atoms with van der Waals surface area (Å²) >= 11 is 0. The first-order chi connectivity index (χ1) is 11.0. The summed E-state index contributed by atoms with van der Waals surface area (Å²) < 4.78 is 40.6. The molecule has 6 heteroatoms. The Hall–Kier alpha value is -2.89. The minimum Gasteiger partial charge on any atom is -0.276 e. The van der Waals surface area contributed by atoms with Crippen molar-refractivity contribution in [2.45, 2.75) is 6.18 Å². The van der Waals surface area contributed by atoms with Gasteiger partial charge in [-0.15, -0.1) is 0 Å². The van der Waals surface area contributed by atoms with Crippen molar-refractivity contribution in [1.29, 1.82) is 0 Å². The number of fused-ring (bicyclic) bond motifs is 3. The lowest BCUT2D eigenvalue weighted by Crippen LogP contribution is -2.05. The van der Waals surface area contributed by atoms with Crippen molar-refractivity contribution in [3.63, 3.8) is 0 Å². The van der Waals surface area contributed by atoms with Crippen molar-refractivity contribution in [2.75, 3.05) is 0 Å². The molecule has 0 saturated carbocycles. The molecule has 0 fully saturated rings. The van der Waals surface area contributed by atoms with E-state index in [9.17, 15) is 13.2 Å². The van der Waals surface area contributed by atoms with E-state index in [1.807, 2.05) is 24.3 Å². The van der Waals surface area contributed by atoms with Gasteiger partial charge in [0.2, 0.25) is 5.78 Å². The third kappa shape index (κ3) is 2.23. The molecule has 0 radical (unpaired) electrons. The fourth-order valence-corrected chi connectivity index (χ4v) is 2.67. The van der Waals surface area contributed by atoms with Crippen molar-refractivity contribution >= 4 is 16.8 Å². The molecule has 0 bridgehead atoms. The maximum atomic E-state index is 13.0. The van der Waals surface area contributed by atoms with Crippen LogP contribution in [0, 0.1) is 0 Å². The summed E-state index contributed by atoms with van der Waals surface area (Å²) in [5.41, 5.74) is 1.97. The van der Waals surface area contributed by atoms with E-state index < -0.39 is 11.7 Å². The van der Waals surface area contributed by atoms with E-state index in [0.717, 1.165) is 23.2 Å². The first-order valence-corrected chi connectivity index (χ1v) is 6.94. The van der Waals surface area contributed by atoms with Gasteiger partial charge in [0.05, 0.1) is 22.3 Å². The fraction of sp³-hybridized carbons (Fsp3) is 0.0588. The van der Waals surface area contributed by atoms with E-state index in [4.69, 9.17) is 0 Å². The molecule has 0 unspecified atom stereocenters. The number of benzene rings is 2. The molecule has 0 spiro atoms. The van der Waals surface area contributed by atoms with Gasteiger partial charge in [0, 0.05) is 6.20 Å². The molecule has 4 rings (SSSR count). The molecule has 114 valence electrons. The van der Waals surface area contributed by atoms with Crippen molar-refractivity contribution < 1.29 is 13.2 Å². The van der Waals surface area contributed by atoms with E-state index in [0.29, 0.717) is 17.0 Å². The molecule has 0 amide bonds. The molecule has 0 aliphatic rings. The smallest absolute Gasteiger partial charge is 0.276 e. The van der Waals surface area contributed by atoms with E-state index in [1.54, 1.807) is 22.7 Å². The highest BCUT2D eigenvalue weighted by molar-refractivity contribution is 5.82. The lowest BCUT2D eigenvalue weighted by Gasteiger charge is -2.10. The van der Waals surface area contributed by atoms with Gasteiger partial charge in [-0.1, -0.05) is 24.3 Å². The summed E-state index contributed by atoms with van der Waals surface area (Å²) in [6, 6.07) is 14.4. The highest BCUT2D eigenvalue weighted by Crippen LogP contribution is 2.32. The Balaban J connectivity index is 2.03. The zero-order valence-corrected chi connectivity index (χ0v) is 11.7. The van der Waals surface area contributed by atoms with Crippen LogP contribution in [0.1, 0.15) is 5.56 Å². The average Bonchev–Trinajstić information content (AvgIpc) is 2.93. The van der Waals surface area contributed by atoms with Gasteiger partial charge in [0.1, 0.15) is 0 Å². The zero-order valence-electron chi connectivity index (χ0n) is 11.7. The number of hydrogen-bond acceptors (Lipinski definition) is 2. The van der Waals surface area contributed by atoms with Crippen molar-refractivity contribution in [2.24, 2.45) is 0 Å². The van der Waals surface area contributed by atoms with E-state index in [2.05, 4.69) is 9.97 Å². The Morgan fingerprint density at radius 1 is 0.913 bits per heavy atom. The molecule has 0 aliphatic carbocycles. The van der Waals surface area contributed by atoms with Gasteiger partial charge in [0.25, 0.3) is 0 Å². The Morgan fingerprint density at radius 3 is 2.57 bits per heavy atom. The van der Waals surface area contributed by atoms with E-state index in [-0.39, 0.29) is 0 Å². The van der Waals surface area contributed by atoms with Crippen LogP contribution >= 0.6 is 0 Å². The summed E-state index contributed by atoms with van der Waals surface area (Å²) in [4.78, 5) is 8.61. The summed E-state index contributed by atoms with van der Waals surface area (Å²) in [5, 5.41) is 0. The minimum absolute atomic E-state index is 0.459. The molecule has 3 nitrogen and oxygen atoms in total. The van der Waals surface area contributed by atoms with E-state index in [1.165, 1.54) is 6.07 Å². The normalized spacial score (nSPS) is 12.1. The monoisotopic (exact) mass is 313 g/mol. The molecular weight excluding hydrogens is 303 g/mol. The lowest BCUT2D eigenvalue weighted by atomic mass is 10.1. The van der Waals surface area contributed by atoms with Gasteiger partial charge < -0.3 is 0 Å². The van der Waals surface area contributed by atoms with Crippen LogP contribution in [0.5, 0.6) is 0 Å². The summed E-state index contributed by atoms with van der Waals surface area (Å²) in [5.74, 6) is 0.459. The van der Waals surface area contributed by atoms with Gasteiger partial charge in [0.15, 0.2) is 0 Å². The molecule has 0 aliphatic heterocycles. The summed E-state index contributed by atoms with van der Waals surface area (Å²) in [6.45, 7) is 0. The number of halogens is 3. The van der Waals surface area contributed by atoms with Crippen LogP contribution in [0.2, 0.25) is 0 Å². The quantitative estimate of drug-likeness (QED) is 0.515. The number of rotatable bonds is 1. The molecule has 0 saturated heterocycles. The first-order valence-electron chi connectivity index (χ1n) is 6.94. The maximum absolute atomic E-state index is 13.0. The van der Waals surface area contributed by atoms with E-state index >= 15 is 0 Å². The van der Waals surface area contributed by atoms with Crippen LogP contribution in [0.3, 0.4) is 0 Å². The van der Waals surface area contributed by atoms with Crippen molar-refractivity contribution in [1.82, 2.24) is 14.4 Å². The van der Waals surface area contributed by atoms with Crippen molar-refractivity contribution in [3.05, 3.63) is 66.4 Å². The first kappa shape index (κ1) is 13.8. The number of nitrogens with zero attached hydrogens (tertiary/aromatic N) is 3. The topological polar surface area (TPSA) is 30.2 Å². The second kappa shape index (κ2) is 4.81. The van der Waals surface area contributed by atoms with Crippen LogP contribution in [0.25, 0.3) is 28.1 Å². The predicted octanol–water partition coefficient (Wildman–Crippen LogP) is 4.57. The van der Waals surface area contributed by atoms with Crippen LogP contribution in [0.4, 0.5) is 13.2 Å². The SMILES string of the molecule is FC(F)(F)c1cccc(-c2ccnc3nc4ccccc4n23)c1. The number of alkyl halides is 3. The van der Waals surface area contributed by atoms with Gasteiger partial charge in [-0.2, -0.15) is 13.2 Å². The zero-order chi connectivity index (χ0) is 16.0. The predicted molar refractivity (Wildman–Crippen MR) is 80.9 cm³/mol. The Labute approximate surface area is 129 Å². The number of imidazole rings is 1. The minimum atomic E-state index is -4.38. The highest BCUT2D eigenvalue weighted by atomic mass is 19.4. The number of para-hydroxylation sites is 2. The van der Waals surface area contributed by atoms with Crippen LogP contribution in [-0.2, 0) is 6.18 Å². The molecule has 2 aromatic heterocycles. The highest BCUT2D eigenvalue weighted by Gasteiger charge is 2.30. The van der Waals surface area contributed by atoms with Crippen molar-refractivity contribution in [3.8, 4) is 11.3 Å². The fourth-order valence-electron chi connectivity index (χ4n) is 2.67. The third-order valence-electron chi connectivity index (χ3n) is 3.69. The third-order valence-corrected chi connectivity index (χ3v) is 3.69. The molecular formula is C17H10F3N3. The molecule has 23 heavy (non-hydrogen) atoms. The lowest BCUT2D eigenvalue weighted by molar-refractivity contribution is -0.137. The molecule has 0 N–H and O–H groups in total.